The largest absolute Gasteiger partial charge is 0.0894 e. The van der Waals surface area contributed by atoms with E-state index >= 15 is 0 Å². The fourth-order valence-electron chi connectivity index (χ4n) is 0.952. The molecule has 0 aromatic carbocycles. The molecular formula is C9H19Br. The molecule has 0 radical (unpaired) electrons. The predicted octanol–water partition coefficient (Wildman–Crippen LogP) is 3.99. The number of hydrogen-bond acceptors (Lipinski definition) is 0. The summed E-state index contributed by atoms with van der Waals surface area (Å²) in [6, 6.07) is 0. The van der Waals surface area contributed by atoms with Crippen LogP contribution < -0.4 is 0 Å². The van der Waals surface area contributed by atoms with E-state index in [1.807, 2.05) is 0 Å². The summed E-state index contributed by atoms with van der Waals surface area (Å²) in [4.78, 5) is 0.705. The normalized spacial score (nSPS) is 16.8. The van der Waals surface area contributed by atoms with Crippen LogP contribution in [-0.4, -0.2) is 4.83 Å². The van der Waals surface area contributed by atoms with Gasteiger partial charge >= 0.3 is 0 Å². The molecule has 2 atom stereocenters. The van der Waals surface area contributed by atoms with Gasteiger partial charge in [0.2, 0.25) is 0 Å². The number of rotatable bonds is 5. The Balaban J connectivity index is 3.03. The Kier molecular flexibility index (Phi) is 6.50. The molecule has 0 spiro atoms. The van der Waals surface area contributed by atoms with Crippen molar-refractivity contribution in [2.45, 2.75) is 51.3 Å². The van der Waals surface area contributed by atoms with Gasteiger partial charge in [-0.2, -0.15) is 0 Å². The second-order valence-corrected chi connectivity index (χ2v) is 4.79. The fraction of sp³-hybridized carbons (Fsp3) is 1.00. The molecule has 0 unspecified atom stereocenters. The lowest BCUT2D eigenvalue weighted by molar-refractivity contribution is 0.485. The van der Waals surface area contributed by atoms with E-state index in [0.29, 0.717) is 4.83 Å². The SMILES string of the molecule is CC[C@@H](C)CCC[C@H](C)Br. The molecule has 0 heterocycles. The number of alkyl halides is 1. The van der Waals surface area contributed by atoms with Crippen LogP contribution in [0.2, 0.25) is 0 Å². The van der Waals surface area contributed by atoms with Crippen molar-refractivity contribution >= 4 is 15.9 Å². The topological polar surface area (TPSA) is 0 Å². The Morgan fingerprint density at radius 3 is 2.20 bits per heavy atom. The Morgan fingerprint density at radius 2 is 1.80 bits per heavy atom. The van der Waals surface area contributed by atoms with Crippen molar-refractivity contribution in [2.24, 2.45) is 5.92 Å². The molecule has 0 amide bonds. The van der Waals surface area contributed by atoms with Crippen LogP contribution in [0, 0.1) is 5.92 Å². The summed E-state index contributed by atoms with van der Waals surface area (Å²) in [5, 5.41) is 0. The van der Waals surface area contributed by atoms with Gasteiger partial charge in [0.25, 0.3) is 0 Å². The maximum atomic E-state index is 3.55. The fourth-order valence-corrected chi connectivity index (χ4v) is 1.28. The Bertz CT molecular complexity index is 69.1. The van der Waals surface area contributed by atoms with E-state index < -0.39 is 0 Å². The molecule has 0 saturated carbocycles. The van der Waals surface area contributed by atoms with Crippen molar-refractivity contribution in [3.63, 3.8) is 0 Å². The van der Waals surface area contributed by atoms with E-state index in [-0.39, 0.29) is 0 Å². The molecule has 0 bridgehead atoms. The van der Waals surface area contributed by atoms with Crippen LogP contribution in [0.3, 0.4) is 0 Å². The Morgan fingerprint density at radius 1 is 1.20 bits per heavy atom. The van der Waals surface area contributed by atoms with Gasteiger partial charge in [-0.15, -0.1) is 0 Å². The summed E-state index contributed by atoms with van der Waals surface area (Å²) >= 11 is 3.55. The molecule has 0 aliphatic heterocycles. The lowest BCUT2D eigenvalue weighted by Gasteiger charge is -2.07. The lowest BCUT2D eigenvalue weighted by atomic mass is 10.0. The van der Waals surface area contributed by atoms with Crippen molar-refractivity contribution in [3.8, 4) is 0 Å². The quantitative estimate of drug-likeness (QED) is 0.598. The van der Waals surface area contributed by atoms with Crippen LogP contribution in [0.4, 0.5) is 0 Å². The molecule has 0 nitrogen and oxygen atoms in total. The third kappa shape index (κ3) is 6.60. The third-order valence-electron chi connectivity index (χ3n) is 2.00. The minimum Gasteiger partial charge on any atom is -0.0894 e. The van der Waals surface area contributed by atoms with Crippen LogP contribution >= 0.6 is 15.9 Å². The summed E-state index contributed by atoms with van der Waals surface area (Å²) in [7, 11) is 0. The Labute approximate surface area is 73.5 Å². The summed E-state index contributed by atoms with van der Waals surface area (Å²) in [6.45, 7) is 6.82. The monoisotopic (exact) mass is 206 g/mol. The summed E-state index contributed by atoms with van der Waals surface area (Å²) in [5.74, 6) is 0.922. The Hall–Kier alpha value is 0.480. The second kappa shape index (κ2) is 6.21. The molecule has 1 heteroatoms. The van der Waals surface area contributed by atoms with Gasteiger partial charge in [0.1, 0.15) is 0 Å². The van der Waals surface area contributed by atoms with Crippen molar-refractivity contribution in [1.82, 2.24) is 0 Å². The molecule has 62 valence electrons. The highest BCUT2D eigenvalue weighted by Gasteiger charge is 1.99. The number of hydrogen-bond donors (Lipinski definition) is 0. The maximum Gasteiger partial charge on any atom is 0.0117 e. The first kappa shape index (κ1) is 10.5. The molecular weight excluding hydrogens is 188 g/mol. The molecule has 10 heavy (non-hydrogen) atoms. The van der Waals surface area contributed by atoms with Crippen LogP contribution in [0.1, 0.15) is 46.5 Å². The summed E-state index contributed by atoms with van der Waals surface area (Å²) < 4.78 is 0. The first-order valence-corrected chi connectivity index (χ1v) is 5.22. The van der Waals surface area contributed by atoms with Crippen LogP contribution in [0.25, 0.3) is 0 Å². The highest BCUT2D eigenvalue weighted by molar-refractivity contribution is 9.09. The van der Waals surface area contributed by atoms with Crippen LogP contribution in [0.15, 0.2) is 0 Å². The molecule has 0 aliphatic carbocycles. The predicted molar refractivity (Wildman–Crippen MR) is 51.7 cm³/mol. The molecule has 0 aromatic heterocycles. The summed E-state index contributed by atoms with van der Waals surface area (Å²) in [6.07, 6.45) is 5.43. The minimum atomic E-state index is 0.705. The zero-order valence-corrected chi connectivity index (χ0v) is 8.95. The van der Waals surface area contributed by atoms with E-state index in [2.05, 4.69) is 36.7 Å². The standard InChI is InChI=1S/C9H19Br/c1-4-8(2)6-5-7-9(3)10/h8-9H,4-7H2,1-3H3/t8-,9+/m1/s1. The van der Waals surface area contributed by atoms with Crippen LogP contribution in [-0.2, 0) is 0 Å². The van der Waals surface area contributed by atoms with E-state index in [9.17, 15) is 0 Å². The van der Waals surface area contributed by atoms with Gasteiger partial charge in [-0.05, 0) is 12.3 Å². The maximum absolute atomic E-state index is 3.55. The lowest BCUT2D eigenvalue weighted by Crippen LogP contribution is -1.95. The van der Waals surface area contributed by atoms with E-state index in [0.717, 1.165) is 5.92 Å². The molecule has 0 aliphatic rings. The van der Waals surface area contributed by atoms with Gasteiger partial charge in [-0.25, -0.2) is 0 Å². The number of halogens is 1. The summed E-state index contributed by atoms with van der Waals surface area (Å²) in [5.41, 5.74) is 0. The van der Waals surface area contributed by atoms with Gasteiger partial charge in [0, 0.05) is 4.83 Å². The van der Waals surface area contributed by atoms with Crippen LogP contribution in [0.5, 0.6) is 0 Å². The second-order valence-electron chi connectivity index (χ2n) is 3.23. The van der Waals surface area contributed by atoms with Crippen molar-refractivity contribution in [3.05, 3.63) is 0 Å². The zero-order chi connectivity index (χ0) is 7.98. The van der Waals surface area contributed by atoms with Gasteiger partial charge in [-0.1, -0.05) is 56.0 Å². The highest BCUT2D eigenvalue weighted by atomic mass is 79.9. The third-order valence-corrected chi connectivity index (χ3v) is 2.45. The zero-order valence-electron chi connectivity index (χ0n) is 7.36. The van der Waals surface area contributed by atoms with E-state index in [1.54, 1.807) is 0 Å². The van der Waals surface area contributed by atoms with Gasteiger partial charge in [-0.3, -0.25) is 0 Å². The molecule has 0 fully saturated rings. The smallest absolute Gasteiger partial charge is 0.0117 e. The average molecular weight is 207 g/mol. The minimum absolute atomic E-state index is 0.705. The van der Waals surface area contributed by atoms with Crippen molar-refractivity contribution < 1.29 is 0 Å². The first-order chi connectivity index (χ1) is 4.66. The van der Waals surface area contributed by atoms with Crippen molar-refractivity contribution in [2.75, 3.05) is 0 Å². The molecule has 0 saturated heterocycles. The molecule has 0 rings (SSSR count). The van der Waals surface area contributed by atoms with Gasteiger partial charge in [0.15, 0.2) is 0 Å². The average Bonchev–Trinajstić information content (AvgIpc) is 1.87. The van der Waals surface area contributed by atoms with Crippen molar-refractivity contribution in [1.29, 1.82) is 0 Å². The molecule has 0 aromatic rings. The first-order valence-electron chi connectivity index (χ1n) is 4.30. The van der Waals surface area contributed by atoms with Gasteiger partial charge in [0.05, 0.1) is 0 Å². The molecule has 0 N–H and O–H groups in total. The van der Waals surface area contributed by atoms with E-state index in [1.165, 1.54) is 25.7 Å². The highest BCUT2D eigenvalue weighted by Crippen LogP contribution is 2.14. The van der Waals surface area contributed by atoms with E-state index in [4.69, 9.17) is 0 Å². The van der Waals surface area contributed by atoms with Gasteiger partial charge < -0.3 is 0 Å².